The van der Waals surface area contributed by atoms with Crippen LogP contribution in [0.25, 0.3) is 0 Å². The molecule has 22 heavy (non-hydrogen) atoms. The second kappa shape index (κ2) is 7.48. The molecule has 0 aliphatic carbocycles. The Labute approximate surface area is 129 Å². The van der Waals surface area contributed by atoms with Gasteiger partial charge in [-0.2, -0.15) is 0 Å². The highest BCUT2D eigenvalue weighted by molar-refractivity contribution is 5.96. The first-order valence-corrected chi connectivity index (χ1v) is 6.73. The number of anilines is 1. The lowest BCUT2D eigenvalue weighted by molar-refractivity contribution is -0.119. The molecule has 0 unspecified atom stereocenters. The van der Waals surface area contributed by atoms with Crippen LogP contribution in [0, 0.1) is 12.3 Å². The number of hydrogen-bond acceptors (Lipinski definition) is 4. The van der Waals surface area contributed by atoms with Gasteiger partial charge in [0.1, 0.15) is 11.6 Å². The number of carbonyl (C=O) groups excluding carboxylic acids is 2. The first kappa shape index (κ1) is 17.5. The van der Waals surface area contributed by atoms with Crippen molar-refractivity contribution in [3.8, 4) is 12.3 Å². The average molecular weight is 304 g/mol. The van der Waals surface area contributed by atoms with Crippen molar-refractivity contribution >= 4 is 17.7 Å². The van der Waals surface area contributed by atoms with Crippen LogP contribution < -0.4 is 10.6 Å². The molecule has 1 aromatic rings. The number of alkyl carbamates (subject to hydrolysis) is 1. The Morgan fingerprint density at radius 1 is 1.32 bits per heavy atom. The monoisotopic (exact) mass is 304 g/mol. The number of hydrogen-bond donors (Lipinski definition) is 3. The van der Waals surface area contributed by atoms with Crippen LogP contribution in [0.1, 0.15) is 26.3 Å². The summed E-state index contributed by atoms with van der Waals surface area (Å²) in [6.45, 7) is 4.56. The molecule has 0 saturated carbocycles. The summed E-state index contributed by atoms with van der Waals surface area (Å²) in [7, 11) is 0. The molecule has 0 bridgehead atoms. The molecule has 0 spiro atoms. The van der Waals surface area contributed by atoms with Gasteiger partial charge in [-0.25, -0.2) is 4.79 Å². The minimum Gasteiger partial charge on any atom is -0.444 e. The SMILES string of the molecule is C#Cc1ccc(NC(=O)[C@H](CO)NC(=O)OC(C)(C)C)cc1. The molecule has 1 rings (SSSR count). The zero-order valence-corrected chi connectivity index (χ0v) is 12.8. The molecule has 0 heterocycles. The van der Waals surface area contributed by atoms with Crippen molar-refractivity contribution in [3.63, 3.8) is 0 Å². The van der Waals surface area contributed by atoms with Gasteiger partial charge in [0.25, 0.3) is 0 Å². The Balaban J connectivity index is 2.64. The van der Waals surface area contributed by atoms with Gasteiger partial charge < -0.3 is 20.5 Å². The molecule has 0 saturated heterocycles. The van der Waals surface area contributed by atoms with E-state index in [1.165, 1.54) is 0 Å². The molecular weight excluding hydrogens is 284 g/mol. The Morgan fingerprint density at radius 2 is 1.91 bits per heavy atom. The number of carbonyl (C=O) groups is 2. The van der Waals surface area contributed by atoms with Crippen LogP contribution in [0.15, 0.2) is 24.3 Å². The molecule has 2 amide bonds. The van der Waals surface area contributed by atoms with Crippen molar-refractivity contribution in [2.24, 2.45) is 0 Å². The molecular formula is C16H20N2O4. The summed E-state index contributed by atoms with van der Waals surface area (Å²) in [5.74, 6) is 1.91. The Kier molecular flexibility index (Phi) is 5.96. The van der Waals surface area contributed by atoms with Crippen LogP contribution in [0.2, 0.25) is 0 Å². The molecule has 0 aromatic heterocycles. The van der Waals surface area contributed by atoms with Crippen molar-refractivity contribution in [1.82, 2.24) is 5.32 Å². The number of amides is 2. The summed E-state index contributed by atoms with van der Waals surface area (Å²) in [5, 5.41) is 14.1. The van der Waals surface area contributed by atoms with E-state index in [-0.39, 0.29) is 0 Å². The van der Waals surface area contributed by atoms with E-state index in [1.807, 2.05) is 0 Å². The van der Waals surface area contributed by atoms with Gasteiger partial charge in [0.15, 0.2) is 0 Å². The van der Waals surface area contributed by atoms with Crippen molar-refractivity contribution < 1.29 is 19.4 Å². The third kappa shape index (κ3) is 5.85. The second-order valence-electron chi connectivity index (χ2n) is 5.59. The maximum absolute atomic E-state index is 12.0. The lowest BCUT2D eigenvalue weighted by Gasteiger charge is -2.22. The Hall–Kier alpha value is -2.52. The molecule has 0 fully saturated rings. The van der Waals surface area contributed by atoms with E-state index in [4.69, 9.17) is 11.2 Å². The number of terminal acetylenes is 1. The highest BCUT2D eigenvalue weighted by Gasteiger charge is 2.23. The summed E-state index contributed by atoms with van der Waals surface area (Å²) in [5.41, 5.74) is 0.503. The normalized spacial score (nSPS) is 12.0. The van der Waals surface area contributed by atoms with E-state index >= 15 is 0 Å². The molecule has 1 atom stereocenters. The Bertz CT molecular complexity index is 567. The van der Waals surface area contributed by atoms with Gasteiger partial charge in [-0.05, 0) is 45.0 Å². The van der Waals surface area contributed by atoms with Crippen molar-refractivity contribution in [2.45, 2.75) is 32.4 Å². The van der Waals surface area contributed by atoms with E-state index in [2.05, 4.69) is 16.6 Å². The molecule has 3 N–H and O–H groups in total. The number of aliphatic hydroxyl groups is 1. The van der Waals surface area contributed by atoms with E-state index in [1.54, 1.807) is 45.0 Å². The number of benzene rings is 1. The summed E-state index contributed by atoms with van der Waals surface area (Å²) in [4.78, 5) is 23.6. The molecule has 6 heteroatoms. The lowest BCUT2D eigenvalue weighted by atomic mass is 10.2. The first-order chi connectivity index (χ1) is 10.2. The largest absolute Gasteiger partial charge is 0.444 e. The lowest BCUT2D eigenvalue weighted by Crippen LogP contribution is -2.47. The van der Waals surface area contributed by atoms with Gasteiger partial charge >= 0.3 is 6.09 Å². The van der Waals surface area contributed by atoms with E-state index in [0.29, 0.717) is 11.3 Å². The van der Waals surface area contributed by atoms with Crippen molar-refractivity contribution in [3.05, 3.63) is 29.8 Å². The standard InChI is InChI=1S/C16H20N2O4/c1-5-11-6-8-12(9-7-11)17-14(20)13(10-19)18-15(21)22-16(2,3)4/h1,6-9,13,19H,10H2,2-4H3,(H,17,20)(H,18,21)/t13-/m0/s1. The fourth-order valence-corrected chi connectivity index (χ4v) is 1.52. The quantitative estimate of drug-likeness (QED) is 0.736. The van der Waals surface area contributed by atoms with Gasteiger partial charge in [0.05, 0.1) is 6.61 Å². The number of aliphatic hydroxyl groups excluding tert-OH is 1. The topological polar surface area (TPSA) is 87.7 Å². The summed E-state index contributed by atoms with van der Waals surface area (Å²) < 4.78 is 5.04. The molecule has 118 valence electrons. The first-order valence-electron chi connectivity index (χ1n) is 6.73. The number of nitrogens with one attached hydrogen (secondary N) is 2. The maximum atomic E-state index is 12.0. The predicted molar refractivity (Wildman–Crippen MR) is 83.3 cm³/mol. The highest BCUT2D eigenvalue weighted by atomic mass is 16.6. The van der Waals surface area contributed by atoms with Gasteiger partial charge in [-0.15, -0.1) is 6.42 Å². The zero-order valence-electron chi connectivity index (χ0n) is 12.8. The van der Waals surface area contributed by atoms with Gasteiger partial charge in [0, 0.05) is 11.3 Å². The maximum Gasteiger partial charge on any atom is 0.408 e. The van der Waals surface area contributed by atoms with Gasteiger partial charge in [-0.1, -0.05) is 5.92 Å². The number of ether oxygens (including phenoxy) is 1. The van der Waals surface area contributed by atoms with Crippen molar-refractivity contribution in [1.29, 1.82) is 0 Å². The molecule has 6 nitrogen and oxygen atoms in total. The van der Waals surface area contributed by atoms with Crippen LogP contribution >= 0.6 is 0 Å². The molecule has 1 aromatic carbocycles. The third-order valence-electron chi connectivity index (χ3n) is 2.51. The van der Waals surface area contributed by atoms with Crippen LogP contribution in [0.3, 0.4) is 0 Å². The molecule has 0 aliphatic heterocycles. The van der Waals surface area contributed by atoms with E-state index in [0.717, 1.165) is 0 Å². The van der Waals surface area contributed by atoms with Crippen LogP contribution in [0.4, 0.5) is 10.5 Å². The minimum absolute atomic E-state index is 0.508. The zero-order chi connectivity index (χ0) is 16.8. The fraction of sp³-hybridized carbons (Fsp3) is 0.375. The summed E-state index contributed by atoms with van der Waals surface area (Å²) in [6.07, 6.45) is 4.47. The minimum atomic E-state index is -1.11. The Morgan fingerprint density at radius 3 is 2.36 bits per heavy atom. The highest BCUT2D eigenvalue weighted by Crippen LogP contribution is 2.10. The average Bonchev–Trinajstić information content (AvgIpc) is 2.43. The van der Waals surface area contributed by atoms with E-state index < -0.39 is 30.3 Å². The van der Waals surface area contributed by atoms with E-state index in [9.17, 15) is 14.7 Å². The summed E-state index contributed by atoms with van der Waals surface area (Å²) >= 11 is 0. The fourth-order valence-electron chi connectivity index (χ4n) is 1.52. The molecule has 0 aliphatic rings. The second-order valence-corrected chi connectivity index (χ2v) is 5.59. The molecule has 0 radical (unpaired) electrons. The number of rotatable bonds is 4. The smallest absolute Gasteiger partial charge is 0.408 e. The van der Waals surface area contributed by atoms with Crippen molar-refractivity contribution in [2.75, 3.05) is 11.9 Å². The predicted octanol–water partition coefficient (Wildman–Crippen LogP) is 1.49. The van der Waals surface area contributed by atoms with Gasteiger partial charge in [-0.3, -0.25) is 4.79 Å². The van der Waals surface area contributed by atoms with Crippen LogP contribution in [-0.4, -0.2) is 35.4 Å². The summed E-state index contributed by atoms with van der Waals surface area (Å²) in [6, 6.07) is 5.50. The third-order valence-corrected chi connectivity index (χ3v) is 2.51. The van der Waals surface area contributed by atoms with Gasteiger partial charge in [0.2, 0.25) is 5.91 Å². The van der Waals surface area contributed by atoms with Crippen LogP contribution in [0.5, 0.6) is 0 Å². The van der Waals surface area contributed by atoms with Crippen LogP contribution in [-0.2, 0) is 9.53 Å².